The van der Waals surface area contributed by atoms with Crippen LogP contribution in [0.4, 0.5) is 26.3 Å². The van der Waals surface area contributed by atoms with E-state index in [0.29, 0.717) is 6.92 Å². The molecule has 0 radical (unpaired) electrons. The third-order valence-corrected chi connectivity index (χ3v) is 2.03. The summed E-state index contributed by atoms with van der Waals surface area (Å²) >= 11 is 0. The van der Waals surface area contributed by atoms with E-state index in [4.69, 9.17) is 0 Å². The summed E-state index contributed by atoms with van der Waals surface area (Å²) in [6.07, 6.45) is -7.53. The number of primary amides is 1. The van der Waals surface area contributed by atoms with Crippen LogP contribution in [0, 0.1) is 0 Å². The minimum Gasteiger partial charge on any atom is -0.366 e. The second-order valence-corrected chi connectivity index (χ2v) is 3.58. The zero-order valence-electron chi connectivity index (χ0n) is 9.08. The first-order valence-electron chi connectivity index (χ1n) is 4.54. The second-order valence-electron chi connectivity index (χ2n) is 3.58. The summed E-state index contributed by atoms with van der Waals surface area (Å²) in [5.74, 6) is -8.37. The van der Waals surface area contributed by atoms with Gasteiger partial charge in [-0.2, -0.15) is 22.0 Å². The van der Waals surface area contributed by atoms with Crippen LogP contribution in [0.25, 0.3) is 0 Å². The molecule has 2 amide bonds. The van der Waals surface area contributed by atoms with Crippen molar-refractivity contribution >= 4 is 11.8 Å². The minimum atomic E-state index is -5.76. The molecule has 0 aromatic rings. The second kappa shape index (κ2) is 5.02. The molecule has 0 fully saturated rings. The van der Waals surface area contributed by atoms with Crippen LogP contribution in [0.5, 0.6) is 0 Å². The van der Waals surface area contributed by atoms with Crippen LogP contribution in [0.15, 0.2) is 0 Å². The van der Waals surface area contributed by atoms with Crippen LogP contribution in [-0.4, -0.2) is 36.1 Å². The van der Waals surface area contributed by atoms with Crippen molar-refractivity contribution in [3.63, 3.8) is 0 Å². The molecule has 0 rings (SSSR count). The lowest BCUT2D eigenvalue weighted by molar-refractivity contribution is -0.283. The van der Waals surface area contributed by atoms with E-state index in [2.05, 4.69) is 5.73 Å². The van der Waals surface area contributed by atoms with E-state index in [1.165, 1.54) is 5.32 Å². The van der Waals surface area contributed by atoms with Crippen molar-refractivity contribution in [1.29, 1.82) is 0 Å². The van der Waals surface area contributed by atoms with E-state index in [1.54, 1.807) is 0 Å². The van der Waals surface area contributed by atoms with Gasteiger partial charge in [-0.15, -0.1) is 0 Å². The SMILES string of the molecule is CC(F)(C(N)=O)C(=O)NCCC(F)(F)C(F)(F)F. The van der Waals surface area contributed by atoms with Crippen LogP contribution < -0.4 is 11.1 Å². The summed E-state index contributed by atoms with van der Waals surface area (Å²) in [6, 6.07) is 0. The average molecular weight is 280 g/mol. The van der Waals surface area contributed by atoms with Crippen LogP contribution in [0.1, 0.15) is 13.3 Å². The summed E-state index contributed by atoms with van der Waals surface area (Å²) in [5.41, 5.74) is 1.32. The van der Waals surface area contributed by atoms with Crippen LogP contribution in [0.3, 0.4) is 0 Å². The highest BCUT2D eigenvalue weighted by Crippen LogP contribution is 2.37. The first-order valence-corrected chi connectivity index (χ1v) is 4.54. The molecular weight excluding hydrogens is 270 g/mol. The molecule has 0 aliphatic carbocycles. The van der Waals surface area contributed by atoms with E-state index in [-0.39, 0.29) is 0 Å². The van der Waals surface area contributed by atoms with Gasteiger partial charge in [0, 0.05) is 13.0 Å². The zero-order valence-corrected chi connectivity index (χ0v) is 9.08. The molecule has 0 spiro atoms. The fourth-order valence-electron chi connectivity index (χ4n) is 0.753. The first kappa shape index (κ1) is 16.5. The van der Waals surface area contributed by atoms with Crippen molar-refractivity contribution in [3.8, 4) is 0 Å². The molecule has 0 heterocycles. The Morgan fingerprint density at radius 1 is 1.11 bits per heavy atom. The van der Waals surface area contributed by atoms with Crippen molar-refractivity contribution in [2.45, 2.75) is 31.1 Å². The number of halogens is 6. The smallest absolute Gasteiger partial charge is 0.366 e. The Hall–Kier alpha value is -1.48. The number of alkyl halides is 6. The van der Waals surface area contributed by atoms with Crippen LogP contribution in [-0.2, 0) is 9.59 Å². The van der Waals surface area contributed by atoms with Gasteiger partial charge in [0.15, 0.2) is 0 Å². The zero-order chi connectivity index (χ0) is 14.8. The molecule has 0 aromatic carbocycles. The number of nitrogens with one attached hydrogen (secondary N) is 1. The van der Waals surface area contributed by atoms with Gasteiger partial charge in [0.05, 0.1) is 0 Å². The first-order chi connectivity index (χ1) is 7.82. The van der Waals surface area contributed by atoms with E-state index < -0.39 is 42.5 Å². The molecule has 1 atom stereocenters. The Kier molecular flexibility index (Phi) is 4.61. The molecule has 0 saturated carbocycles. The largest absolute Gasteiger partial charge is 0.453 e. The molecule has 1 unspecified atom stereocenters. The molecule has 18 heavy (non-hydrogen) atoms. The predicted octanol–water partition coefficient (Wildman–Crippen LogP) is 0.904. The standard InChI is InChI=1S/C8H10F6N2O2/c1-6(9,4(15)17)5(18)16-3-2-7(10,11)8(12,13)14/h2-3H2,1H3,(H2,15,17)(H,16,18). The van der Waals surface area contributed by atoms with Gasteiger partial charge in [-0.3, -0.25) is 9.59 Å². The van der Waals surface area contributed by atoms with Crippen LogP contribution >= 0.6 is 0 Å². The lowest BCUT2D eigenvalue weighted by Gasteiger charge is -2.21. The van der Waals surface area contributed by atoms with E-state index in [1.807, 2.05) is 0 Å². The Labute approximate surface area is 97.5 Å². The van der Waals surface area contributed by atoms with Gasteiger partial charge in [-0.25, -0.2) is 4.39 Å². The van der Waals surface area contributed by atoms with Crippen LogP contribution in [0.2, 0.25) is 0 Å². The monoisotopic (exact) mass is 280 g/mol. The fraction of sp³-hybridized carbons (Fsp3) is 0.750. The molecule has 0 saturated heterocycles. The minimum absolute atomic E-state index is 0.465. The van der Waals surface area contributed by atoms with Crippen molar-refractivity contribution in [1.82, 2.24) is 5.32 Å². The quantitative estimate of drug-likeness (QED) is 0.580. The summed E-state index contributed by atoms with van der Waals surface area (Å²) in [4.78, 5) is 21.4. The summed E-state index contributed by atoms with van der Waals surface area (Å²) in [7, 11) is 0. The Balaban J connectivity index is 4.39. The molecule has 0 aromatic heterocycles. The molecule has 4 nitrogen and oxygen atoms in total. The predicted molar refractivity (Wildman–Crippen MR) is 47.3 cm³/mol. The highest BCUT2D eigenvalue weighted by Gasteiger charge is 2.56. The number of amides is 2. The highest BCUT2D eigenvalue weighted by molar-refractivity contribution is 6.07. The lowest BCUT2D eigenvalue weighted by atomic mass is 10.1. The summed E-state index contributed by atoms with van der Waals surface area (Å²) in [5, 5.41) is 1.44. The topological polar surface area (TPSA) is 72.2 Å². The third kappa shape index (κ3) is 3.77. The maximum Gasteiger partial charge on any atom is 0.453 e. The number of hydrogen-bond donors (Lipinski definition) is 2. The summed E-state index contributed by atoms with van der Waals surface area (Å²) in [6.45, 7) is -0.690. The molecule has 10 heteroatoms. The Morgan fingerprint density at radius 2 is 1.56 bits per heavy atom. The normalized spacial score (nSPS) is 15.9. The molecule has 0 bridgehead atoms. The number of carbonyl (C=O) groups excluding carboxylic acids is 2. The summed E-state index contributed by atoms with van der Waals surface area (Å²) < 4.78 is 73.0. The van der Waals surface area contributed by atoms with Crippen molar-refractivity contribution in [2.24, 2.45) is 5.73 Å². The van der Waals surface area contributed by atoms with Crippen molar-refractivity contribution < 1.29 is 35.9 Å². The molecule has 0 aliphatic heterocycles. The lowest BCUT2D eigenvalue weighted by Crippen LogP contribution is -2.51. The molecule has 0 aliphatic rings. The number of nitrogens with two attached hydrogens (primary N) is 1. The highest BCUT2D eigenvalue weighted by atomic mass is 19.4. The van der Waals surface area contributed by atoms with Gasteiger partial charge in [-0.1, -0.05) is 0 Å². The maximum absolute atomic E-state index is 13.2. The van der Waals surface area contributed by atoms with Gasteiger partial charge in [0.25, 0.3) is 17.5 Å². The average Bonchev–Trinajstić information content (AvgIpc) is 2.14. The Bertz CT molecular complexity index is 339. The third-order valence-electron chi connectivity index (χ3n) is 2.03. The van der Waals surface area contributed by atoms with Crippen molar-refractivity contribution in [3.05, 3.63) is 0 Å². The van der Waals surface area contributed by atoms with Gasteiger partial charge < -0.3 is 11.1 Å². The number of hydrogen-bond acceptors (Lipinski definition) is 2. The van der Waals surface area contributed by atoms with Gasteiger partial charge in [0.2, 0.25) is 0 Å². The molecule has 3 N–H and O–H groups in total. The van der Waals surface area contributed by atoms with E-state index in [0.717, 1.165) is 0 Å². The maximum atomic E-state index is 13.2. The van der Waals surface area contributed by atoms with E-state index in [9.17, 15) is 35.9 Å². The Morgan fingerprint density at radius 3 is 1.89 bits per heavy atom. The fourth-order valence-corrected chi connectivity index (χ4v) is 0.753. The number of carbonyl (C=O) groups is 2. The molecular formula is C8H10F6N2O2. The van der Waals surface area contributed by atoms with Gasteiger partial charge in [-0.05, 0) is 6.92 Å². The van der Waals surface area contributed by atoms with Crippen molar-refractivity contribution in [2.75, 3.05) is 6.54 Å². The number of rotatable bonds is 5. The van der Waals surface area contributed by atoms with E-state index >= 15 is 0 Å². The van der Waals surface area contributed by atoms with Gasteiger partial charge >= 0.3 is 12.1 Å². The van der Waals surface area contributed by atoms with Gasteiger partial charge in [0.1, 0.15) is 0 Å². The molecule has 106 valence electrons.